The first-order valence-corrected chi connectivity index (χ1v) is 7.45. The van der Waals surface area contributed by atoms with E-state index in [2.05, 4.69) is 20.6 Å². The van der Waals surface area contributed by atoms with Crippen LogP contribution in [0, 0.1) is 5.92 Å². The fourth-order valence-corrected chi connectivity index (χ4v) is 3.50. The van der Waals surface area contributed by atoms with Gasteiger partial charge in [0.2, 0.25) is 5.91 Å². The Balaban J connectivity index is 1.44. The topological polar surface area (TPSA) is 69.8 Å². The highest BCUT2D eigenvalue weighted by molar-refractivity contribution is 5.93. The number of amides is 1. The molecule has 2 fully saturated rings. The summed E-state index contributed by atoms with van der Waals surface area (Å²) in [5.41, 5.74) is 2.89. The molecule has 1 amide bonds. The lowest BCUT2D eigenvalue weighted by molar-refractivity contribution is -0.120. The molecular formula is C16H18N4O. The van der Waals surface area contributed by atoms with Gasteiger partial charge in [-0.15, -0.1) is 0 Å². The number of hydrogen-bond donors (Lipinski definition) is 3. The molecule has 2 aromatic rings. The van der Waals surface area contributed by atoms with E-state index >= 15 is 0 Å². The average Bonchev–Trinajstić information content (AvgIpc) is 3.25. The number of nitrogens with one attached hydrogen (secondary N) is 3. The molecule has 2 saturated heterocycles. The van der Waals surface area contributed by atoms with E-state index < -0.39 is 0 Å². The van der Waals surface area contributed by atoms with Crippen LogP contribution in [-0.4, -0.2) is 28.0 Å². The van der Waals surface area contributed by atoms with Gasteiger partial charge in [0.1, 0.15) is 0 Å². The summed E-state index contributed by atoms with van der Waals surface area (Å²) in [5.74, 6) is 0.264. The largest absolute Gasteiger partial charge is 0.345 e. The molecule has 5 nitrogen and oxygen atoms in total. The quantitative estimate of drug-likeness (QED) is 0.808. The maximum absolute atomic E-state index is 12.4. The molecule has 3 unspecified atom stereocenters. The number of nitrogens with zero attached hydrogens (tertiary/aromatic N) is 1. The van der Waals surface area contributed by atoms with Gasteiger partial charge in [0.15, 0.2) is 0 Å². The molecule has 21 heavy (non-hydrogen) atoms. The minimum Gasteiger partial charge on any atom is -0.345 e. The molecule has 3 heterocycles. The zero-order chi connectivity index (χ0) is 14.2. The van der Waals surface area contributed by atoms with Crippen LogP contribution in [0.15, 0.2) is 36.8 Å². The smallest absolute Gasteiger partial charge is 0.229 e. The summed E-state index contributed by atoms with van der Waals surface area (Å²) in [6, 6.07) is 8.78. The number of carbonyl (C=O) groups is 1. The maximum atomic E-state index is 12.4. The first-order valence-electron chi connectivity index (χ1n) is 7.45. The van der Waals surface area contributed by atoms with E-state index in [1.165, 1.54) is 6.42 Å². The second-order valence-electron chi connectivity index (χ2n) is 5.92. The van der Waals surface area contributed by atoms with Gasteiger partial charge in [0.25, 0.3) is 0 Å². The average molecular weight is 282 g/mol. The molecule has 1 aromatic heterocycles. The third kappa shape index (κ3) is 2.34. The van der Waals surface area contributed by atoms with Crippen LogP contribution in [0.3, 0.4) is 0 Å². The Morgan fingerprint density at radius 2 is 2.10 bits per heavy atom. The van der Waals surface area contributed by atoms with E-state index in [1.807, 2.05) is 24.3 Å². The zero-order valence-corrected chi connectivity index (χ0v) is 11.7. The predicted octanol–water partition coefficient (Wildman–Crippen LogP) is 2.16. The van der Waals surface area contributed by atoms with E-state index in [9.17, 15) is 4.79 Å². The van der Waals surface area contributed by atoms with Crippen LogP contribution >= 0.6 is 0 Å². The molecule has 108 valence electrons. The van der Waals surface area contributed by atoms with Crippen molar-refractivity contribution in [1.29, 1.82) is 0 Å². The van der Waals surface area contributed by atoms with E-state index in [-0.39, 0.29) is 11.8 Å². The summed E-state index contributed by atoms with van der Waals surface area (Å²) in [6.45, 7) is 0. The van der Waals surface area contributed by atoms with Gasteiger partial charge in [0, 0.05) is 17.8 Å². The fraction of sp³-hybridized carbons (Fsp3) is 0.375. The van der Waals surface area contributed by atoms with Crippen molar-refractivity contribution in [2.24, 2.45) is 5.92 Å². The number of carbonyl (C=O) groups excluding carboxylic acids is 1. The Kier molecular flexibility index (Phi) is 3.00. The van der Waals surface area contributed by atoms with Gasteiger partial charge in [-0.3, -0.25) is 4.79 Å². The van der Waals surface area contributed by atoms with Crippen LogP contribution in [-0.2, 0) is 4.79 Å². The lowest BCUT2D eigenvalue weighted by Crippen LogP contribution is -2.32. The van der Waals surface area contributed by atoms with Gasteiger partial charge in [-0.1, -0.05) is 12.1 Å². The van der Waals surface area contributed by atoms with Crippen molar-refractivity contribution in [1.82, 2.24) is 15.3 Å². The number of rotatable bonds is 3. The zero-order valence-electron chi connectivity index (χ0n) is 11.7. The fourth-order valence-electron chi connectivity index (χ4n) is 3.50. The van der Waals surface area contributed by atoms with E-state index in [0.717, 1.165) is 29.8 Å². The summed E-state index contributed by atoms with van der Waals surface area (Å²) in [4.78, 5) is 19.4. The second-order valence-corrected chi connectivity index (χ2v) is 5.92. The van der Waals surface area contributed by atoms with E-state index in [1.54, 1.807) is 12.5 Å². The molecule has 4 rings (SSSR count). The van der Waals surface area contributed by atoms with Crippen LogP contribution in [0.1, 0.15) is 19.3 Å². The van der Waals surface area contributed by atoms with Crippen molar-refractivity contribution in [3.8, 4) is 11.3 Å². The first kappa shape index (κ1) is 12.6. The highest BCUT2D eigenvalue weighted by Crippen LogP contribution is 2.34. The number of H-pyrrole nitrogens is 1. The standard InChI is InChI=1S/C16H18N4O/c21-16(13-7-12-5-6-14(13)19-12)20-11-3-1-10(2-4-11)15-8-17-9-18-15/h1-4,8-9,12-14,19H,5-7H2,(H,17,18)(H,20,21). The molecule has 0 spiro atoms. The summed E-state index contributed by atoms with van der Waals surface area (Å²) in [5, 5.41) is 6.54. The molecule has 2 bridgehead atoms. The van der Waals surface area contributed by atoms with Crippen molar-refractivity contribution in [3.05, 3.63) is 36.8 Å². The van der Waals surface area contributed by atoms with Crippen LogP contribution in [0.25, 0.3) is 11.3 Å². The predicted molar refractivity (Wildman–Crippen MR) is 80.7 cm³/mol. The Labute approximate surface area is 123 Å². The number of fused-ring (bicyclic) bond motifs is 2. The molecule has 0 aliphatic carbocycles. The van der Waals surface area contributed by atoms with Crippen molar-refractivity contribution >= 4 is 11.6 Å². The number of anilines is 1. The molecule has 3 atom stereocenters. The van der Waals surface area contributed by atoms with Crippen molar-refractivity contribution in [2.45, 2.75) is 31.3 Å². The molecule has 3 N–H and O–H groups in total. The summed E-state index contributed by atoms with van der Waals surface area (Å²) in [6.07, 6.45) is 6.76. The van der Waals surface area contributed by atoms with Gasteiger partial charge >= 0.3 is 0 Å². The van der Waals surface area contributed by atoms with Crippen molar-refractivity contribution in [3.63, 3.8) is 0 Å². The van der Waals surface area contributed by atoms with Gasteiger partial charge < -0.3 is 15.6 Å². The Hall–Kier alpha value is -2.14. The van der Waals surface area contributed by atoms with Gasteiger partial charge in [-0.05, 0) is 37.0 Å². The molecule has 0 radical (unpaired) electrons. The number of benzene rings is 1. The minimum absolute atomic E-state index is 0.121. The van der Waals surface area contributed by atoms with Gasteiger partial charge in [-0.25, -0.2) is 4.98 Å². The first-order chi connectivity index (χ1) is 10.3. The molecule has 1 aromatic carbocycles. The Morgan fingerprint density at radius 1 is 1.24 bits per heavy atom. The van der Waals surface area contributed by atoms with Crippen LogP contribution in [0.2, 0.25) is 0 Å². The van der Waals surface area contributed by atoms with Gasteiger partial charge in [-0.2, -0.15) is 0 Å². The SMILES string of the molecule is O=C(Nc1ccc(-c2cnc[nH]2)cc1)C1CC2CCC1N2. The maximum Gasteiger partial charge on any atom is 0.229 e. The lowest BCUT2D eigenvalue weighted by Gasteiger charge is -2.19. The molecular weight excluding hydrogens is 264 g/mol. The third-order valence-electron chi connectivity index (χ3n) is 4.60. The Bertz CT molecular complexity index is 635. The number of aromatic nitrogens is 2. The van der Waals surface area contributed by atoms with Crippen molar-refractivity contribution < 1.29 is 4.79 Å². The highest BCUT2D eigenvalue weighted by atomic mass is 16.2. The lowest BCUT2D eigenvalue weighted by atomic mass is 9.88. The highest BCUT2D eigenvalue weighted by Gasteiger charge is 2.42. The van der Waals surface area contributed by atoms with E-state index in [0.29, 0.717) is 12.1 Å². The third-order valence-corrected chi connectivity index (χ3v) is 4.60. The minimum atomic E-state index is 0.121. The number of hydrogen-bond acceptors (Lipinski definition) is 3. The summed E-state index contributed by atoms with van der Waals surface area (Å²) >= 11 is 0. The van der Waals surface area contributed by atoms with Crippen molar-refractivity contribution in [2.75, 3.05) is 5.32 Å². The normalized spacial score (nSPS) is 27.0. The molecule has 2 aliphatic heterocycles. The number of imidazole rings is 1. The number of aromatic amines is 1. The summed E-state index contributed by atoms with van der Waals surface area (Å²) in [7, 11) is 0. The molecule has 2 aliphatic rings. The molecule has 5 heteroatoms. The Morgan fingerprint density at radius 3 is 2.71 bits per heavy atom. The van der Waals surface area contributed by atoms with Gasteiger partial charge in [0.05, 0.1) is 24.1 Å². The van der Waals surface area contributed by atoms with E-state index in [4.69, 9.17) is 0 Å². The summed E-state index contributed by atoms with van der Waals surface area (Å²) < 4.78 is 0. The molecule has 0 saturated carbocycles. The van der Waals surface area contributed by atoms with Crippen LogP contribution in [0.5, 0.6) is 0 Å². The second kappa shape index (κ2) is 5.00. The van der Waals surface area contributed by atoms with Crippen LogP contribution in [0.4, 0.5) is 5.69 Å². The van der Waals surface area contributed by atoms with Crippen LogP contribution < -0.4 is 10.6 Å². The monoisotopic (exact) mass is 282 g/mol.